The van der Waals surface area contributed by atoms with E-state index in [9.17, 15) is 14.4 Å². The first-order valence-corrected chi connectivity index (χ1v) is 3.76. The summed E-state index contributed by atoms with van der Waals surface area (Å²) in [6, 6.07) is 0. The van der Waals surface area contributed by atoms with E-state index in [-0.39, 0.29) is 6.42 Å². The van der Waals surface area contributed by atoms with Gasteiger partial charge in [-0.15, -0.1) is 0 Å². The number of ether oxygens (including phenoxy) is 3. The number of fused-ring (bicyclic) bond motifs is 2. The zero-order chi connectivity index (χ0) is 9.22. The van der Waals surface area contributed by atoms with Gasteiger partial charge in [-0.05, 0) is 0 Å². The number of hydrogen-bond acceptors (Lipinski definition) is 6. The Morgan fingerprint density at radius 3 is 2.54 bits per heavy atom. The van der Waals surface area contributed by atoms with Crippen molar-refractivity contribution < 1.29 is 28.6 Å². The van der Waals surface area contributed by atoms with Crippen LogP contribution in [-0.4, -0.2) is 30.3 Å². The smallest absolute Gasteiger partial charge is 0.334 e. The molecule has 13 heavy (non-hydrogen) atoms. The molecule has 0 amide bonds. The molecule has 0 aromatic heterocycles. The van der Waals surface area contributed by atoms with Crippen molar-refractivity contribution in [2.45, 2.75) is 18.8 Å². The number of esters is 3. The molecule has 6 heteroatoms. The van der Waals surface area contributed by atoms with Crippen molar-refractivity contribution in [3.05, 3.63) is 0 Å². The van der Waals surface area contributed by atoms with Crippen LogP contribution in [0.25, 0.3) is 0 Å². The summed E-state index contributed by atoms with van der Waals surface area (Å²) < 4.78 is 13.8. The zero-order valence-corrected chi connectivity index (χ0v) is 6.31. The molecule has 0 radical (unpaired) electrons. The highest BCUT2D eigenvalue weighted by Gasteiger charge is 2.76. The maximum atomic E-state index is 11.1. The third kappa shape index (κ3) is 0.614. The second-order valence-electron chi connectivity index (χ2n) is 3.24. The van der Waals surface area contributed by atoms with Crippen LogP contribution in [0.4, 0.5) is 0 Å². The second kappa shape index (κ2) is 1.74. The number of cyclic esters (lactones) is 2. The summed E-state index contributed by atoms with van der Waals surface area (Å²) in [5.74, 6) is -1.95. The summed E-state index contributed by atoms with van der Waals surface area (Å²) in [7, 11) is 0. The SMILES string of the molecule is O=C1CC2(C(=O)OC2=O)C2OC2O1. The minimum atomic E-state index is -1.38. The van der Waals surface area contributed by atoms with E-state index in [1.165, 1.54) is 0 Å². The highest BCUT2D eigenvalue weighted by atomic mass is 16.8. The Bertz CT molecular complexity index is 331. The Morgan fingerprint density at radius 2 is 1.92 bits per heavy atom. The minimum absolute atomic E-state index is 0.258. The molecule has 0 aromatic carbocycles. The van der Waals surface area contributed by atoms with Crippen molar-refractivity contribution in [3.63, 3.8) is 0 Å². The third-order valence-electron chi connectivity index (χ3n) is 2.52. The van der Waals surface area contributed by atoms with Gasteiger partial charge < -0.3 is 14.2 Å². The molecule has 68 valence electrons. The summed E-state index contributed by atoms with van der Waals surface area (Å²) >= 11 is 0. The Morgan fingerprint density at radius 1 is 1.23 bits per heavy atom. The molecular formula is C7H4O6. The Balaban J connectivity index is 2.01. The second-order valence-corrected chi connectivity index (χ2v) is 3.24. The van der Waals surface area contributed by atoms with Crippen molar-refractivity contribution in [1.29, 1.82) is 0 Å². The van der Waals surface area contributed by atoms with E-state index >= 15 is 0 Å². The molecule has 3 aliphatic heterocycles. The van der Waals surface area contributed by atoms with Gasteiger partial charge >= 0.3 is 17.9 Å². The van der Waals surface area contributed by atoms with Gasteiger partial charge in [0.05, 0.1) is 6.42 Å². The van der Waals surface area contributed by atoms with Crippen LogP contribution in [0.3, 0.4) is 0 Å². The first-order valence-electron chi connectivity index (χ1n) is 3.76. The van der Waals surface area contributed by atoms with Crippen LogP contribution in [0, 0.1) is 5.41 Å². The predicted octanol–water partition coefficient (Wildman–Crippen LogP) is -1.27. The normalized spacial score (nSPS) is 38.9. The van der Waals surface area contributed by atoms with E-state index in [4.69, 9.17) is 4.74 Å². The van der Waals surface area contributed by atoms with E-state index in [1.807, 2.05) is 0 Å². The van der Waals surface area contributed by atoms with Crippen LogP contribution >= 0.6 is 0 Å². The van der Waals surface area contributed by atoms with Crippen molar-refractivity contribution in [2.24, 2.45) is 5.41 Å². The molecule has 3 heterocycles. The highest BCUT2D eigenvalue weighted by Crippen LogP contribution is 2.52. The van der Waals surface area contributed by atoms with Gasteiger partial charge in [0, 0.05) is 0 Å². The lowest BCUT2D eigenvalue weighted by Crippen LogP contribution is -2.60. The molecule has 0 aromatic rings. The monoisotopic (exact) mass is 184 g/mol. The van der Waals surface area contributed by atoms with Gasteiger partial charge in [0.25, 0.3) is 0 Å². The zero-order valence-electron chi connectivity index (χ0n) is 6.31. The average Bonchev–Trinajstić information content (AvgIpc) is 2.81. The van der Waals surface area contributed by atoms with E-state index in [0.29, 0.717) is 0 Å². The summed E-state index contributed by atoms with van der Waals surface area (Å²) in [5, 5.41) is 0. The summed E-state index contributed by atoms with van der Waals surface area (Å²) in [6.07, 6.45) is -1.59. The summed E-state index contributed by atoms with van der Waals surface area (Å²) in [6.45, 7) is 0. The predicted molar refractivity (Wildman–Crippen MR) is 32.9 cm³/mol. The molecule has 3 rings (SSSR count). The number of carbonyl (C=O) groups is 3. The van der Waals surface area contributed by atoms with Crippen molar-refractivity contribution in [2.75, 3.05) is 0 Å². The van der Waals surface area contributed by atoms with Crippen LogP contribution in [0.15, 0.2) is 0 Å². The van der Waals surface area contributed by atoms with Crippen molar-refractivity contribution in [1.82, 2.24) is 0 Å². The van der Waals surface area contributed by atoms with Crippen LogP contribution in [-0.2, 0) is 28.6 Å². The van der Waals surface area contributed by atoms with Crippen LogP contribution in [0.5, 0.6) is 0 Å². The van der Waals surface area contributed by atoms with Gasteiger partial charge in [-0.2, -0.15) is 0 Å². The molecule has 3 aliphatic rings. The molecule has 1 spiro atoms. The standard InChI is InChI=1S/C7H4O6/c8-2-1-7(3-4(11-2)12-3)5(9)13-6(7)10/h3-4H,1H2. The Kier molecular flexibility index (Phi) is 0.941. The number of epoxide rings is 1. The maximum absolute atomic E-state index is 11.1. The first-order chi connectivity index (χ1) is 6.14. The molecule has 0 N–H and O–H groups in total. The maximum Gasteiger partial charge on any atom is 0.334 e. The minimum Gasteiger partial charge on any atom is -0.433 e. The van der Waals surface area contributed by atoms with E-state index in [0.717, 1.165) is 0 Å². The van der Waals surface area contributed by atoms with Crippen LogP contribution in [0.2, 0.25) is 0 Å². The van der Waals surface area contributed by atoms with Crippen LogP contribution < -0.4 is 0 Å². The molecular weight excluding hydrogens is 180 g/mol. The lowest BCUT2D eigenvalue weighted by molar-refractivity contribution is -0.204. The fourth-order valence-corrected chi connectivity index (χ4v) is 1.72. The molecule has 6 nitrogen and oxygen atoms in total. The largest absolute Gasteiger partial charge is 0.433 e. The molecule has 0 bridgehead atoms. The summed E-state index contributed by atoms with van der Waals surface area (Å²) in [5.41, 5.74) is -1.38. The van der Waals surface area contributed by atoms with E-state index in [1.54, 1.807) is 0 Å². The van der Waals surface area contributed by atoms with Gasteiger partial charge in [-0.25, -0.2) is 0 Å². The molecule has 3 saturated heterocycles. The van der Waals surface area contributed by atoms with Gasteiger partial charge in [0.2, 0.25) is 11.7 Å². The van der Waals surface area contributed by atoms with Gasteiger partial charge in [0.1, 0.15) is 0 Å². The lowest BCUT2D eigenvalue weighted by Gasteiger charge is -2.35. The first kappa shape index (κ1) is 7.02. The Labute approximate surface area is 71.7 Å². The quantitative estimate of drug-likeness (QED) is 0.265. The van der Waals surface area contributed by atoms with Crippen LogP contribution in [0.1, 0.15) is 6.42 Å². The number of carbonyl (C=O) groups excluding carboxylic acids is 3. The number of rotatable bonds is 0. The Hall–Kier alpha value is -1.43. The highest BCUT2D eigenvalue weighted by molar-refractivity contribution is 6.17. The average molecular weight is 184 g/mol. The molecule has 0 aliphatic carbocycles. The van der Waals surface area contributed by atoms with Crippen molar-refractivity contribution in [3.8, 4) is 0 Å². The van der Waals surface area contributed by atoms with Gasteiger partial charge in [-0.3, -0.25) is 14.4 Å². The molecule has 0 saturated carbocycles. The fourth-order valence-electron chi connectivity index (χ4n) is 1.72. The molecule has 3 fully saturated rings. The third-order valence-corrected chi connectivity index (χ3v) is 2.52. The molecule has 2 atom stereocenters. The topological polar surface area (TPSA) is 82.2 Å². The lowest BCUT2D eigenvalue weighted by atomic mass is 9.76. The van der Waals surface area contributed by atoms with Crippen molar-refractivity contribution >= 4 is 17.9 Å². The number of hydrogen-bond donors (Lipinski definition) is 0. The molecule has 2 unspecified atom stereocenters. The van der Waals surface area contributed by atoms with E-state index in [2.05, 4.69) is 9.47 Å². The fraction of sp³-hybridized carbons (Fsp3) is 0.571. The van der Waals surface area contributed by atoms with Gasteiger partial charge in [-0.1, -0.05) is 0 Å². The summed E-state index contributed by atoms with van der Waals surface area (Å²) in [4.78, 5) is 33.1. The van der Waals surface area contributed by atoms with E-state index < -0.39 is 35.7 Å². The van der Waals surface area contributed by atoms with Gasteiger partial charge in [0.15, 0.2) is 6.10 Å².